The van der Waals surface area contributed by atoms with E-state index in [1.165, 1.54) is 12.1 Å². The highest BCUT2D eigenvalue weighted by molar-refractivity contribution is 9.10. The molecule has 0 radical (unpaired) electrons. The summed E-state index contributed by atoms with van der Waals surface area (Å²) in [6.07, 6.45) is 0. The fourth-order valence-corrected chi connectivity index (χ4v) is 1.84. The minimum atomic E-state index is -0.783. The highest BCUT2D eigenvalue weighted by Gasteiger charge is 2.12. The molecule has 1 N–H and O–H groups in total. The second-order valence-corrected chi connectivity index (χ2v) is 5.17. The first-order valence-electron chi connectivity index (χ1n) is 6.13. The van der Waals surface area contributed by atoms with Gasteiger partial charge in [-0.15, -0.1) is 0 Å². The Morgan fingerprint density at radius 1 is 1.09 bits per heavy atom. The average molecular weight is 370 g/mol. The Balaban J connectivity index is 1.91. The van der Waals surface area contributed by atoms with E-state index in [9.17, 15) is 18.4 Å². The summed E-state index contributed by atoms with van der Waals surface area (Å²) in [4.78, 5) is 23.3. The standard InChI is InChI=1S/C15H10BrF2NO3/c16-10-3-1-9(2-4-10)15(21)22-8-14(20)19-13-7-11(17)5-6-12(13)18/h1-7H,8H2,(H,19,20). The third-order valence-corrected chi connectivity index (χ3v) is 3.15. The molecule has 0 saturated carbocycles. The highest BCUT2D eigenvalue weighted by Crippen LogP contribution is 2.15. The maximum Gasteiger partial charge on any atom is 0.338 e. The van der Waals surface area contributed by atoms with Gasteiger partial charge >= 0.3 is 5.97 Å². The number of hydrogen-bond donors (Lipinski definition) is 1. The summed E-state index contributed by atoms with van der Waals surface area (Å²) in [6.45, 7) is -0.606. The van der Waals surface area contributed by atoms with Gasteiger partial charge in [0, 0.05) is 10.5 Å². The molecule has 0 heterocycles. The predicted octanol–water partition coefficient (Wildman–Crippen LogP) is 3.52. The van der Waals surface area contributed by atoms with Crippen molar-refractivity contribution in [3.05, 3.63) is 64.1 Å². The molecule has 22 heavy (non-hydrogen) atoms. The number of hydrogen-bond acceptors (Lipinski definition) is 3. The van der Waals surface area contributed by atoms with Crippen LogP contribution in [-0.4, -0.2) is 18.5 Å². The molecule has 2 aromatic carbocycles. The zero-order chi connectivity index (χ0) is 16.1. The van der Waals surface area contributed by atoms with Gasteiger partial charge in [0.05, 0.1) is 11.3 Å². The zero-order valence-electron chi connectivity index (χ0n) is 11.1. The van der Waals surface area contributed by atoms with Crippen LogP contribution in [0.3, 0.4) is 0 Å². The molecule has 0 unspecified atom stereocenters. The number of benzene rings is 2. The molecule has 0 aliphatic heterocycles. The van der Waals surface area contributed by atoms with Crippen molar-refractivity contribution in [3.63, 3.8) is 0 Å². The van der Waals surface area contributed by atoms with Crippen LogP contribution >= 0.6 is 15.9 Å². The minimum absolute atomic E-state index is 0.271. The smallest absolute Gasteiger partial charge is 0.338 e. The first kappa shape index (κ1) is 16.1. The lowest BCUT2D eigenvalue weighted by Gasteiger charge is -2.07. The second kappa shape index (κ2) is 7.13. The predicted molar refractivity (Wildman–Crippen MR) is 79.4 cm³/mol. The number of carbonyl (C=O) groups is 2. The SMILES string of the molecule is O=C(COC(=O)c1ccc(Br)cc1)Nc1cc(F)ccc1F. The third kappa shape index (κ3) is 4.36. The molecule has 4 nitrogen and oxygen atoms in total. The molecule has 2 aromatic rings. The summed E-state index contributed by atoms with van der Waals surface area (Å²) in [5.41, 5.74) is -0.0439. The van der Waals surface area contributed by atoms with E-state index in [4.69, 9.17) is 4.74 Å². The van der Waals surface area contributed by atoms with Crippen molar-refractivity contribution in [2.75, 3.05) is 11.9 Å². The van der Waals surface area contributed by atoms with Crippen molar-refractivity contribution >= 4 is 33.5 Å². The molecule has 0 aliphatic carbocycles. The largest absolute Gasteiger partial charge is 0.452 e. The van der Waals surface area contributed by atoms with Crippen LogP contribution in [0.25, 0.3) is 0 Å². The molecule has 0 aromatic heterocycles. The van der Waals surface area contributed by atoms with Gasteiger partial charge in [-0.1, -0.05) is 15.9 Å². The van der Waals surface area contributed by atoms with Crippen molar-refractivity contribution in [3.8, 4) is 0 Å². The molecule has 1 amide bonds. The van der Waals surface area contributed by atoms with Crippen molar-refractivity contribution in [1.29, 1.82) is 0 Å². The zero-order valence-corrected chi connectivity index (χ0v) is 12.7. The van der Waals surface area contributed by atoms with Crippen molar-refractivity contribution in [1.82, 2.24) is 0 Å². The molecule has 0 atom stereocenters. The Bertz CT molecular complexity index is 704. The first-order chi connectivity index (χ1) is 10.5. The van der Waals surface area contributed by atoms with Gasteiger partial charge in [-0.3, -0.25) is 4.79 Å². The lowest BCUT2D eigenvalue weighted by Crippen LogP contribution is -2.21. The van der Waals surface area contributed by atoms with Gasteiger partial charge < -0.3 is 10.1 Å². The number of halogens is 3. The van der Waals surface area contributed by atoms with Gasteiger partial charge in [-0.25, -0.2) is 13.6 Å². The lowest BCUT2D eigenvalue weighted by molar-refractivity contribution is -0.119. The van der Waals surface area contributed by atoms with Gasteiger partial charge in [-0.2, -0.15) is 0 Å². The first-order valence-corrected chi connectivity index (χ1v) is 6.92. The lowest BCUT2D eigenvalue weighted by atomic mass is 10.2. The number of amides is 1. The van der Waals surface area contributed by atoms with E-state index < -0.39 is 30.1 Å². The quantitative estimate of drug-likeness (QED) is 0.838. The van der Waals surface area contributed by atoms with Crippen LogP contribution in [0, 0.1) is 11.6 Å². The van der Waals surface area contributed by atoms with Crippen LogP contribution in [0.5, 0.6) is 0 Å². The highest BCUT2D eigenvalue weighted by atomic mass is 79.9. The monoisotopic (exact) mass is 369 g/mol. The van der Waals surface area contributed by atoms with E-state index in [0.717, 1.165) is 22.7 Å². The number of ether oxygens (including phenoxy) is 1. The van der Waals surface area contributed by atoms with Gasteiger partial charge in [0.25, 0.3) is 5.91 Å². The molecule has 2 rings (SSSR count). The van der Waals surface area contributed by atoms with Crippen molar-refractivity contribution in [2.45, 2.75) is 0 Å². The van der Waals surface area contributed by atoms with Gasteiger partial charge in [-0.05, 0) is 36.4 Å². The maximum absolute atomic E-state index is 13.3. The molecule has 0 bridgehead atoms. The molecule has 0 aliphatic rings. The molecule has 0 saturated heterocycles. The summed E-state index contributed by atoms with van der Waals surface area (Å²) in [5.74, 6) is -2.94. The summed E-state index contributed by atoms with van der Waals surface area (Å²) in [5, 5.41) is 2.13. The molecule has 0 spiro atoms. The Labute approximate surface area is 133 Å². The van der Waals surface area contributed by atoms with Gasteiger partial charge in [0.2, 0.25) is 0 Å². The molecule has 0 fully saturated rings. The third-order valence-electron chi connectivity index (χ3n) is 2.62. The summed E-state index contributed by atoms with van der Waals surface area (Å²) >= 11 is 3.22. The maximum atomic E-state index is 13.3. The van der Waals surface area contributed by atoms with Crippen LogP contribution in [0.2, 0.25) is 0 Å². The van der Waals surface area contributed by atoms with E-state index >= 15 is 0 Å². The van der Waals surface area contributed by atoms with Crippen LogP contribution in [-0.2, 0) is 9.53 Å². The summed E-state index contributed by atoms with van der Waals surface area (Å²) in [7, 11) is 0. The molecule has 7 heteroatoms. The van der Waals surface area contributed by atoms with E-state index in [1.807, 2.05) is 0 Å². The molecular formula is C15H10BrF2NO3. The Kier molecular flexibility index (Phi) is 5.21. The van der Waals surface area contributed by atoms with Crippen molar-refractivity contribution in [2.24, 2.45) is 0 Å². The number of rotatable bonds is 4. The van der Waals surface area contributed by atoms with E-state index in [0.29, 0.717) is 0 Å². The van der Waals surface area contributed by atoms with Gasteiger partial charge in [0.15, 0.2) is 6.61 Å². The van der Waals surface area contributed by atoms with Gasteiger partial charge in [0.1, 0.15) is 11.6 Å². The molecule has 114 valence electrons. The van der Waals surface area contributed by atoms with Crippen molar-refractivity contribution < 1.29 is 23.1 Å². The Hall–Kier alpha value is -2.28. The topological polar surface area (TPSA) is 55.4 Å². The van der Waals surface area contributed by atoms with Crippen LogP contribution in [0.1, 0.15) is 10.4 Å². The van der Waals surface area contributed by atoms with E-state index in [2.05, 4.69) is 21.2 Å². The Morgan fingerprint density at radius 2 is 1.77 bits per heavy atom. The normalized spacial score (nSPS) is 10.1. The van der Waals surface area contributed by atoms with Crippen LogP contribution in [0.15, 0.2) is 46.9 Å². The number of esters is 1. The number of carbonyl (C=O) groups excluding carboxylic acids is 2. The van der Waals surface area contributed by atoms with E-state index in [-0.39, 0.29) is 11.3 Å². The second-order valence-electron chi connectivity index (χ2n) is 4.26. The summed E-state index contributed by atoms with van der Waals surface area (Å²) < 4.78 is 31.9. The van der Waals surface area contributed by atoms with E-state index in [1.54, 1.807) is 12.1 Å². The van der Waals surface area contributed by atoms with Crippen LogP contribution < -0.4 is 5.32 Å². The van der Waals surface area contributed by atoms with Crippen LogP contribution in [0.4, 0.5) is 14.5 Å². The number of anilines is 1. The molecular weight excluding hydrogens is 360 g/mol. The Morgan fingerprint density at radius 3 is 2.45 bits per heavy atom. The fourth-order valence-electron chi connectivity index (χ4n) is 1.58. The fraction of sp³-hybridized carbons (Fsp3) is 0.0667. The average Bonchev–Trinajstić information content (AvgIpc) is 2.49. The minimum Gasteiger partial charge on any atom is -0.452 e. The number of nitrogens with one attached hydrogen (secondary N) is 1. The summed E-state index contributed by atoms with van der Waals surface area (Å²) in [6, 6.07) is 9.01.